The lowest BCUT2D eigenvalue weighted by Gasteiger charge is -2.21. The van der Waals surface area contributed by atoms with E-state index in [0.717, 1.165) is 0 Å². The summed E-state index contributed by atoms with van der Waals surface area (Å²) in [7, 11) is 0. The molecule has 23 heavy (non-hydrogen) atoms. The molecule has 0 unspecified atom stereocenters. The Morgan fingerprint density at radius 1 is 1.17 bits per heavy atom. The number of hydrogen-bond acceptors (Lipinski definition) is 4. The van der Waals surface area contributed by atoms with Crippen molar-refractivity contribution in [1.82, 2.24) is 0 Å². The smallest absolute Gasteiger partial charge is 0.387 e. The molecule has 8 heteroatoms. The fraction of sp³-hybridized carbons (Fsp3) is 0.333. The average Bonchev–Trinajstić information content (AvgIpc) is 3.09. The van der Waals surface area contributed by atoms with E-state index in [-0.39, 0.29) is 11.4 Å². The number of benzene rings is 1. The van der Waals surface area contributed by atoms with E-state index in [1.807, 2.05) is 0 Å². The number of carboxylic acids is 1. The van der Waals surface area contributed by atoms with Crippen molar-refractivity contribution in [3.8, 4) is 5.75 Å². The van der Waals surface area contributed by atoms with Crippen LogP contribution >= 0.6 is 0 Å². The topological polar surface area (TPSA) is 84.9 Å². The van der Waals surface area contributed by atoms with Gasteiger partial charge in [-0.15, -0.1) is 0 Å². The molecule has 1 aromatic carbocycles. The highest BCUT2D eigenvalue weighted by atomic mass is 19.3. The largest absolute Gasteiger partial charge is 0.481 e. The summed E-state index contributed by atoms with van der Waals surface area (Å²) in [6.45, 7) is -3.03. The Hall–Kier alpha value is -2.48. The molecule has 0 radical (unpaired) electrons. The lowest BCUT2D eigenvalue weighted by molar-refractivity contribution is -0.145. The molecule has 2 aliphatic rings. The maximum absolute atomic E-state index is 12.4. The number of amides is 1. The molecule has 1 amide bonds. The molecule has 2 bridgehead atoms. The van der Waals surface area contributed by atoms with Crippen molar-refractivity contribution >= 4 is 17.6 Å². The Morgan fingerprint density at radius 2 is 1.83 bits per heavy atom. The lowest BCUT2D eigenvalue weighted by Crippen LogP contribution is -2.39. The first kappa shape index (κ1) is 15.4. The summed E-state index contributed by atoms with van der Waals surface area (Å²) in [4.78, 5) is 23.8. The predicted molar refractivity (Wildman–Crippen MR) is 74.1 cm³/mol. The van der Waals surface area contributed by atoms with Crippen LogP contribution in [0.15, 0.2) is 36.4 Å². The Morgan fingerprint density at radius 3 is 2.48 bits per heavy atom. The van der Waals surface area contributed by atoms with Crippen LogP contribution in [0.25, 0.3) is 0 Å². The van der Waals surface area contributed by atoms with Gasteiger partial charge >= 0.3 is 12.6 Å². The number of fused-ring (bicyclic) bond motifs is 2. The number of para-hydroxylation sites is 2. The number of anilines is 1. The molecule has 2 heterocycles. The van der Waals surface area contributed by atoms with E-state index in [0.29, 0.717) is 0 Å². The summed E-state index contributed by atoms with van der Waals surface area (Å²) in [5, 5.41) is 11.7. The first-order valence-electron chi connectivity index (χ1n) is 6.88. The Kier molecular flexibility index (Phi) is 3.99. The van der Waals surface area contributed by atoms with Crippen LogP contribution in [0, 0.1) is 11.8 Å². The minimum Gasteiger partial charge on any atom is -0.481 e. The van der Waals surface area contributed by atoms with Crippen molar-refractivity contribution in [1.29, 1.82) is 0 Å². The lowest BCUT2D eigenvalue weighted by atomic mass is 9.82. The van der Waals surface area contributed by atoms with Gasteiger partial charge in [-0.05, 0) is 12.1 Å². The zero-order valence-corrected chi connectivity index (χ0v) is 11.7. The number of ether oxygens (including phenoxy) is 2. The summed E-state index contributed by atoms with van der Waals surface area (Å²) in [5.74, 6) is -3.88. The van der Waals surface area contributed by atoms with E-state index in [4.69, 9.17) is 4.74 Å². The van der Waals surface area contributed by atoms with Crippen LogP contribution in [0.5, 0.6) is 5.75 Å². The molecule has 1 aromatic rings. The molecule has 6 nitrogen and oxygen atoms in total. The predicted octanol–water partition coefficient (Wildman–Crippen LogP) is 1.88. The molecule has 0 saturated carbocycles. The number of halogens is 2. The number of nitrogens with one attached hydrogen (secondary N) is 1. The van der Waals surface area contributed by atoms with E-state index in [9.17, 15) is 23.5 Å². The monoisotopic (exact) mass is 325 g/mol. The van der Waals surface area contributed by atoms with Crippen LogP contribution < -0.4 is 10.1 Å². The molecule has 0 aliphatic carbocycles. The first-order valence-corrected chi connectivity index (χ1v) is 6.88. The van der Waals surface area contributed by atoms with Crippen LogP contribution in [-0.2, 0) is 14.3 Å². The van der Waals surface area contributed by atoms with Gasteiger partial charge in [0.15, 0.2) is 0 Å². The first-order chi connectivity index (χ1) is 11.0. The molecule has 2 aliphatic heterocycles. The second kappa shape index (κ2) is 5.96. The third-order valence-corrected chi connectivity index (χ3v) is 3.85. The van der Waals surface area contributed by atoms with Gasteiger partial charge in [-0.1, -0.05) is 24.3 Å². The number of rotatable bonds is 5. The van der Waals surface area contributed by atoms with Gasteiger partial charge in [0, 0.05) is 0 Å². The Bertz CT molecular complexity index is 663. The Balaban J connectivity index is 1.80. The van der Waals surface area contributed by atoms with Crippen LogP contribution in [0.2, 0.25) is 0 Å². The zero-order valence-electron chi connectivity index (χ0n) is 11.7. The van der Waals surface area contributed by atoms with Crippen molar-refractivity contribution in [3.63, 3.8) is 0 Å². The highest BCUT2D eigenvalue weighted by Gasteiger charge is 2.53. The molecule has 0 spiro atoms. The number of hydrogen-bond donors (Lipinski definition) is 2. The normalized spacial score (nSPS) is 28.1. The molecular weight excluding hydrogens is 312 g/mol. The summed E-state index contributed by atoms with van der Waals surface area (Å²) in [6.07, 6.45) is 1.96. The van der Waals surface area contributed by atoms with Gasteiger partial charge in [-0.2, -0.15) is 8.78 Å². The van der Waals surface area contributed by atoms with Crippen molar-refractivity contribution in [3.05, 3.63) is 36.4 Å². The van der Waals surface area contributed by atoms with Crippen molar-refractivity contribution in [2.24, 2.45) is 11.8 Å². The molecular formula is C15H13F2NO5. The summed E-state index contributed by atoms with van der Waals surface area (Å²) < 4.78 is 34.5. The Labute approximate surface area is 129 Å². The second-order valence-corrected chi connectivity index (χ2v) is 5.20. The third-order valence-electron chi connectivity index (χ3n) is 3.85. The van der Waals surface area contributed by atoms with E-state index in [1.165, 1.54) is 18.2 Å². The van der Waals surface area contributed by atoms with Crippen molar-refractivity contribution in [2.45, 2.75) is 18.8 Å². The van der Waals surface area contributed by atoms with Crippen molar-refractivity contribution in [2.75, 3.05) is 5.32 Å². The number of carbonyl (C=O) groups is 2. The second-order valence-electron chi connectivity index (χ2n) is 5.20. The van der Waals surface area contributed by atoms with Crippen LogP contribution in [-0.4, -0.2) is 35.8 Å². The molecule has 3 rings (SSSR count). The van der Waals surface area contributed by atoms with E-state index < -0.39 is 42.5 Å². The highest BCUT2D eigenvalue weighted by molar-refractivity contribution is 5.97. The van der Waals surface area contributed by atoms with Gasteiger partial charge in [0.1, 0.15) is 11.7 Å². The fourth-order valence-electron chi connectivity index (χ4n) is 2.90. The van der Waals surface area contributed by atoms with Crippen molar-refractivity contribution < 1.29 is 33.0 Å². The van der Waals surface area contributed by atoms with Gasteiger partial charge in [-0.25, -0.2) is 0 Å². The fourth-order valence-corrected chi connectivity index (χ4v) is 2.90. The molecule has 122 valence electrons. The van der Waals surface area contributed by atoms with Crippen LogP contribution in [0.1, 0.15) is 0 Å². The van der Waals surface area contributed by atoms with Gasteiger partial charge in [-0.3, -0.25) is 9.59 Å². The summed E-state index contributed by atoms with van der Waals surface area (Å²) in [5.41, 5.74) is 0.0497. The van der Waals surface area contributed by atoms with Gasteiger partial charge < -0.3 is 19.9 Å². The highest BCUT2D eigenvalue weighted by Crippen LogP contribution is 2.40. The van der Waals surface area contributed by atoms with Crippen LogP contribution in [0.3, 0.4) is 0 Å². The number of carboxylic acid groups (broad SMARTS) is 1. The quantitative estimate of drug-likeness (QED) is 0.808. The number of carbonyl (C=O) groups excluding carboxylic acids is 1. The summed E-state index contributed by atoms with van der Waals surface area (Å²) >= 11 is 0. The molecule has 1 fully saturated rings. The van der Waals surface area contributed by atoms with Gasteiger partial charge in [0.05, 0.1) is 23.8 Å². The molecule has 2 N–H and O–H groups in total. The van der Waals surface area contributed by atoms with Crippen LogP contribution in [0.4, 0.5) is 14.5 Å². The molecule has 1 saturated heterocycles. The number of alkyl halides is 2. The van der Waals surface area contributed by atoms with E-state index in [2.05, 4.69) is 10.1 Å². The third kappa shape index (κ3) is 2.89. The van der Waals surface area contributed by atoms with Gasteiger partial charge in [0.2, 0.25) is 5.91 Å². The SMILES string of the molecule is O=C(Nc1ccccc1OC(F)F)[C@@H]1[C@H](C(=O)O)[C@@H]2C=C[C@H]1O2. The summed E-state index contributed by atoms with van der Waals surface area (Å²) in [6, 6.07) is 5.71. The average molecular weight is 325 g/mol. The number of aliphatic carboxylic acids is 1. The minimum atomic E-state index is -3.03. The van der Waals surface area contributed by atoms with E-state index >= 15 is 0 Å². The maximum atomic E-state index is 12.4. The minimum absolute atomic E-state index is 0.0497. The maximum Gasteiger partial charge on any atom is 0.387 e. The zero-order chi connectivity index (χ0) is 16.6. The van der Waals surface area contributed by atoms with Gasteiger partial charge in [0.25, 0.3) is 0 Å². The standard InChI is InChI=1S/C15H13F2NO5/c16-15(17)23-8-4-2-1-3-7(8)18-13(19)11-9-5-6-10(22-9)12(11)14(20)21/h1-6,9-12,15H,(H,18,19)(H,20,21)/t9-,10+,11+,12-/m1/s1. The van der Waals surface area contributed by atoms with E-state index in [1.54, 1.807) is 18.2 Å². The molecule has 0 aromatic heterocycles. The molecule has 4 atom stereocenters.